The number of hydrogen-bond donors (Lipinski definition) is 1. The summed E-state index contributed by atoms with van der Waals surface area (Å²) in [5.74, 6) is -0.134. The maximum atomic E-state index is 13.9. The zero-order chi connectivity index (χ0) is 28.6. The summed E-state index contributed by atoms with van der Waals surface area (Å²) in [7, 11) is -3.87. The summed E-state index contributed by atoms with van der Waals surface area (Å²) >= 11 is 6.28. The fourth-order valence-electron chi connectivity index (χ4n) is 6.44. The van der Waals surface area contributed by atoms with E-state index in [0.29, 0.717) is 17.1 Å². The second-order valence-electron chi connectivity index (χ2n) is 11.3. The van der Waals surface area contributed by atoms with Crippen LogP contribution in [0.25, 0.3) is 0 Å². The predicted octanol–water partition coefficient (Wildman–Crippen LogP) is 4.09. The number of morpholine rings is 1. The summed E-state index contributed by atoms with van der Waals surface area (Å²) in [6.07, 6.45) is 4.57. The molecule has 0 saturated carbocycles. The largest absolute Gasteiger partial charge is 0.379 e. The molecule has 1 N–H and O–H groups in total. The second kappa shape index (κ2) is 11.9. The van der Waals surface area contributed by atoms with E-state index in [9.17, 15) is 13.2 Å². The van der Waals surface area contributed by atoms with Gasteiger partial charge in [-0.1, -0.05) is 35.9 Å². The van der Waals surface area contributed by atoms with E-state index in [1.54, 1.807) is 25.1 Å². The van der Waals surface area contributed by atoms with Crippen molar-refractivity contribution in [2.45, 2.75) is 62.7 Å². The molecule has 1 aromatic heterocycles. The average Bonchev–Trinajstić information content (AvgIpc) is 3.45. The van der Waals surface area contributed by atoms with Gasteiger partial charge in [0, 0.05) is 62.1 Å². The highest BCUT2D eigenvalue weighted by Gasteiger charge is 2.39. The molecule has 0 bridgehead atoms. The van der Waals surface area contributed by atoms with E-state index in [1.165, 1.54) is 21.0 Å². The molecule has 3 aromatic rings. The van der Waals surface area contributed by atoms with Crippen LogP contribution in [0.15, 0.2) is 59.6 Å². The molecule has 2 atom stereocenters. The van der Waals surface area contributed by atoms with E-state index in [4.69, 9.17) is 16.3 Å². The number of benzene rings is 2. The third kappa shape index (κ3) is 5.96. The summed E-state index contributed by atoms with van der Waals surface area (Å²) in [4.78, 5) is 16.1. The van der Waals surface area contributed by atoms with Gasteiger partial charge in [-0.25, -0.2) is 8.42 Å². The Morgan fingerprint density at radius 1 is 1.05 bits per heavy atom. The first-order valence-electron chi connectivity index (χ1n) is 14.4. The molecule has 0 spiro atoms. The van der Waals surface area contributed by atoms with Crippen molar-refractivity contribution in [1.29, 1.82) is 0 Å². The molecule has 6 rings (SSSR count). The molecule has 2 aromatic carbocycles. The van der Waals surface area contributed by atoms with Crippen LogP contribution < -0.4 is 5.32 Å². The van der Waals surface area contributed by atoms with Crippen molar-refractivity contribution in [3.05, 3.63) is 87.7 Å². The summed E-state index contributed by atoms with van der Waals surface area (Å²) in [6, 6.07) is 14.9. The standard InChI is InChI=1S/C31H37ClN4O4S/c1-22-27(32)4-2-6-30(22)41(38,39)36-13-12-35-11-3-5-28(35)29(36)20-31(37)33-26-10-9-24-18-23(7-8-25(24)19-26)21-34-14-16-40-17-15-34/h2-8,11,18,26,29H,9-10,12-17,19-21H2,1H3,(H,33,37). The van der Waals surface area contributed by atoms with Crippen LogP contribution in [0.3, 0.4) is 0 Å². The van der Waals surface area contributed by atoms with E-state index in [0.717, 1.165) is 57.8 Å². The van der Waals surface area contributed by atoms with Gasteiger partial charge < -0.3 is 14.6 Å². The van der Waals surface area contributed by atoms with Crippen molar-refractivity contribution in [3.8, 4) is 0 Å². The Morgan fingerprint density at radius 2 is 1.88 bits per heavy atom. The van der Waals surface area contributed by atoms with Gasteiger partial charge in [0.2, 0.25) is 15.9 Å². The van der Waals surface area contributed by atoms with Crippen molar-refractivity contribution in [2.24, 2.45) is 0 Å². The van der Waals surface area contributed by atoms with Gasteiger partial charge in [-0.05, 0) is 72.7 Å². The first-order chi connectivity index (χ1) is 19.8. The van der Waals surface area contributed by atoms with Crippen molar-refractivity contribution in [3.63, 3.8) is 0 Å². The molecule has 10 heteroatoms. The molecule has 2 aliphatic heterocycles. The lowest BCUT2D eigenvalue weighted by Gasteiger charge is -2.36. The number of carbonyl (C=O) groups is 1. The highest BCUT2D eigenvalue weighted by molar-refractivity contribution is 7.89. The Morgan fingerprint density at radius 3 is 2.71 bits per heavy atom. The van der Waals surface area contributed by atoms with Crippen LogP contribution in [-0.2, 0) is 45.5 Å². The third-order valence-corrected chi connectivity index (χ3v) is 11.1. The van der Waals surface area contributed by atoms with Crippen LogP contribution in [0.4, 0.5) is 0 Å². The molecule has 218 valence electrons. The topological polar surface area (TPSA) is 83.9 Å². The van der Waals surface area contributed by atoms with E-state index in [2.05, 4.69) is 28.4 Å². The van der Waals surface area contributed by atoms with Gasteiger partial charge in [0.05, 0.1) is 24.2 Å². The zero-order valence-corrected chi connectivity index (χ0v) is 25.0. The maximum Gasteiger partial charge on any atom is 0.244 e. The van der Waals surface area contributed by atoms with Crippen molar-refractivity contribution in [2.75, 3.05) is 32.8 Å². The molecule has 2 unspecified atom stereocenters. The lowest BCUT2D eigenvalue weighted by atomic mass is 9.87. The molecular formula is C31H37ClN4O4S. The van der Waals surface area contributed by atoms with E-state index < -0.39 is 16.1 Å². The highest BCUT2D eigenvalue weighted by Crippen LogP contribution is 2.36. The first kappa shape index (κ1) is 28.4. The zero-order valence-electron chi connectivity index (χ0n) is 23.4. The number of hydrogen-bond acceptors (Lipinski definition) is 5. The maximum absolute atomic E-state index is 13.9. The van der Waals surface area contributed by atoms with E-state index >= 15 is 0 Å². The summed E-state index contributed by atoms with van der Waals surface area (Å²) in [5, 5.41) is 3.64. The molecular weight excluding hydrogens is 560 g/mol. The molecule has 41 heavy (non-hydrogen) atoms. The number of amides is 1. The number of carbonyl (C=O) groups excluding carboxylic acids is 1. The average molecular weight is 597 g/mol. The van der Waals surface area contributed by atoms with Crippen molar-refractivity contribution < 1.29 is 17.9 Å². The van der Waals surface area contributed by atoms with Crippen LogP contribution >= 0.6 is 11.6 Å². The molecule has 0 radical (unpaired) electrons. The Balaban J connectivity index is 1.15. The minimum atomic E-state index is -3.87. The highest BCUT2D eigenvalue weighted by atomic mass is 35.5. The second-order valence-corrected chi connectivity index (χ2v) is 13.6. The lowest BCUT2D eigenvalue weighted by molar-refractivity contribution is -0.123. The van der Waals surface area contributed by atoms with Crippen LogP contribution in [0.1, 0.15) is 46.8 Å². The number of aromatic nitrogens is 1. The fourth-order valence-corrected chi connectivity index (χ4v) is 8.51. The number of sulfonamides is 1. The predicted molar refractivity (Wildman–Crippen MR) is 158 cm³/mol. The number of nitrogens with one attached hydrogen (secondary N) is 1. The Labute approximate surface area is 247 Å². The van der Waals surface area contributed by atoms with E-state index in [-0.39, 0.29) is 29.8 Å². The van der Waals surface area contributed by atoms with Crippen LogP contribution in [0.5, 0.6) is 0 Å². The smallest absolute Gasteiger partial charge is 0.244 e. The van der Waals surface area contributed by atoms with Gasteiger partial charge >= 0.3 is 0 Å². The van der Waals surface area contributed by atoms with Crippen LogP contribution in [0, 0.1) is 6.92 Å². The number of nitrogens with zero attached hydrogens (tertiary/aromatic N) is 3. The Bertz CT molecular complexity index is 1530. The number of aryl methyl sites for hydroxylation is 1. The molecule has 1 fully saturated rings. The van der Waals surface area contributed by atoms with Gasteiger partial charge in [0.25, 0.3) is 0 Å². The number of halogens is 1. The SMILES string of the molecule is Cc1c(Cl)cccc1S(=O)(=O)N1CCn2cccc2C1CC(=O)NC1CCc2cc(CN3CCOCC3)ccc2C1. The van der Waals surface area contributed by atoms with E-state index in [1.807, 2.05) is 22.9 Å². The lowest BCUT2D eigenvalue weighted by Crippen LogP contribution is -2.45. The summed E-state index contributed by atoms with van der Waals surface area (Å²) in [6.45, 7) is 7.00. The molecule has 3 aliphatic rings. The van der Waals surface area contributed by atoms with Crippen LogP contribution in [0.2, 0.25) is 5.02 Å². The minimum Gasteiger partial charge on any atom is -0.379 e. The minimum absolute atomic E-state index is 0.0238. The molecule has 3 heterocycles. The molecule has 1 saturated heterocycles. The van der Waals surface area contributed by atoms with Crippen molar-refractivity contribution >= 4 is 27.5 Å². The van der Waals surface area contributed by atoms with Crippen molar-refractivity contribution in [1.82, 2.24) is 19.1 Å². The normalized spacial score (nSPS) is 21.7. The number of rotatable bonds is 7. The monoisotopic (exact) mass is 596 g/mol. The summed E-state index contributed by atoms with van der Waals surface area (Å²) in [5.41, 5.74) is 5.31. The van der Waals surface area contributed by atoms with Gasteiger partial charge in [0.15, 0.2) is 0 Å². The van der Waals surface area contributed by atoms with Gasteiger partial charge in [0.1, 0.15) is 0 Å². The number of fused-ring (bicyclic) bond motifs is 2. The fraction of sp³-hybridized carbons (Fsp3) is 0.452. The van der Waals surface area contributed by atoms with Gasteiger partial charge in [-0.15, -0.1) is 0 Å². The summed E-state index contributed by atoms with van der Waals surface area (Å²) < 4.78 is 36.8. The van der Waals surface area contributed by atoms with Gasteiger partial charge in [-0.3, -0.25) is 9.69 Å². The molecule has 1 amide bonds. The first-order valence-corrected chi connectivity index (χ1v) is 16.2. The molecule has 1 aliphatic carbocycles. The Hall–Kier alpha value is -2.69. The Kier molecular flexibility index (Phi) is 8.25. The number of ether oxygens (including phenoxy) is 1. The van der Waals surface area contributed by atoms with Gasteiger partial charge in [-0.2, -0.15) is 4.31 Å². The third-order valence-electron chi connectivity index (χ3n) is 8.67. The van der Waals surface area contributed by atoms with Crippen LogP contribution in [-0.4, -0.2) is 67.0 Å². The molecule has 8 nitrogen and oxygen atoms in total. The quantitative estimate of drug-likeness (QED) is 0.444.